The first kappa shape index (κ1) is 19.3. The number of hydrogen-bond acceptors (Lipinski definition) is 5. The molecule has 0 bridgehead atoms. The molecule has 1 aromatic rings. The van der Waals surface area contributed by atoms with Crippen molar-refractivity contribution in [3.63, 3.8) is 0 Å². The largest absolute Gasteiger partial charge is 0.467 e. The summed E-state index contributed by atoms with van der Waals surface area (Å²) in [5, 5.41) is 0. The van der Waals surface area contributed by atoms with Gasteiger partial charge in [0.25, 0.3) is 0 Å². The van der Waals surface area contributed by atoms with Crippen molar-refractivity contribution in [1.29, 1.82) is 0 Å². The van der Waals surface area contributed by atoms with Crippen molar-refractivity contribution in [1.82, 2.24) is 4.90 Å². The van der Waals surface area contributed by atoms with Gasteiger partial charge in [-0.15, -0.1) is 11.8 Å². The van der Waals surface area contributed by atoms with E-state index in [1.165, 1.54) is 18.9 Å². The second-order valence-electron chi connectivity index (χ2n) is 7.74. The van der Waals surface area contributed by atoms with Crippen LogP contribution in [0.3, 0.4) is 0 Å². The van der Waals surface area contributed by atoms with E-state index in [1.807, 2.05) is 24.3 Å². The number of methoxy groups -OCH3 is 1. The van der Waals surface area contributed by atoms with Gasteiger partial charge in [0.1, 0.15) is 6.04 Å². The SMILES string of the molecule is COC(=O)C1CC2CCCCC2N1C(=O)CCN1C(=O)CSc2ccccc21. The summed E-state index contributed by atoms with van der Waals surface area (Å²) in [6.45, 7) is 0.344. The molecule has 4 rings (SSSR count). The molecule has 2 fully saturated rings. The minimum absolute atomic E-state index is 0.0259. The van der Waals surface area contributed by atoms with Gasteiger partial charge in [0, 0.05) is 23.9 Å². The summed E-state index contributed by atoms with van der Waals surface area (Å²) in [6, 6.07) is 7.44. The molecule has 1 saturated carbocycles. The number of anilines is 1. The Kier molecular flexibility index (Phi) is 5.62. The summed E-state index contributed by atoms with van der Waals surface area (Å²) in [6.07, 6.45) is 5.19. The molecule has 3 unspecified atom stereocenters. The smallest absolute Gasteiger partial charge is 0.328 e. The van der Waals surface area contributed by atoms with Gasteiger partial charge in [-0.05, 0) is 37.3 Å². The van der Waals surface area contributed by atoms with Crippen LogP contribution in [0.25, 0.3) is 0 Å². The predicted molar refractivity (Wildman–Crippen MR) is 107 cm³/mol. The maximum atomic E-state index is 13.2. The molecule has 0 radical (unpaired) electrons. The van der Waals surface area contributed by atoms with Crippen molar-refractivity contribution in [3.8, 4) is 0 Å². The van der Waals surface area contributed by atoms with E-state index >= 15 is 0 Å². The molecular formula is C21H26N2O4S. The average Bonchev–Trinajstić information content (AvgIpc) is 3.12. The number of ether oxygens (including phenoxy) is 1. The normalized spacial score (nSPS) is 26.6. The quantitative estimate of drug-likeness (QED) is 0.725. The van der Waals surface area contributed by atoms with Crippen LogP contribution in [0.1, 0.15) is 38.5 Å². The Balaban J connectivity index is 1.49. The number of likely N-dealkylation sites (tertiary alicyclic amines) is 1. The Labute approximate surface area is 169 Å². The molecule has 0 aromatic heterocycles. The first-order valence-electron chi connectivity index (χ1n) is 10.0. The maximum Gasteiger partial charge on any atom is 0.328 e. The topological polar surface area (TPSA) is 66.9 Å². The zero-order valence-corrected chi connectivity index (χ0v) is 17.0. The average molecular weight is 403 g/mol. The predicted octanol–water partition coefficient (Wildman–Crippen LogP) is 2.85. The van der Waals surface area contributed by atoms with Crippen LogP contribution in [0.5, 0.6) is 0 Å². The van der Waals surface area contributed by atoms with Gasteiger partial charge in [0.2, 0.25) is 11.8 Å². The minimum atomic E-state index is -0.481. The van der Waals surface area contributed by atoms with Crippen molar-refractivity contribution in [2.24, 2.45) is 5.92 Å². The number of hydrogen-bond donors (Lipinski definition) is 0. The molecule has 1 saturated heterocycles. The van der Waals surface area contributed by atoms with Crippen LogP contribution in [0.2, 0.25) is 0 Å². The Bertz CT molecular complexity index is 783. The third-order valence-electron chi connectivity index (χ3n) is 6.21. The number of fused-ring (bicyclic) bond motifs is 2. The van der Waals surface area contributed by atoms with Crippen molar-refractivity contribution in [2.75, 3.05) is 24.3 Å². The Hall–Kier alpha value is -2.02. The first-order chi connectivity index (χ1) is 13.6. The second-order valence-corrected chi connectivity index (χ2v) is 8.76. The molecule has 1 aromatic carbocycles. The molecule has 0 spiro atoms. The standard InChI is InChI=1S/C21H26N2O4S/c1-27-21(26)17-12-14-6-2-3-7-15(14)23(17)19(24)10-11-22-16-8-4-5-9-18(16)28-13-20(22)25/h4-5,8-9,14-15,17H,2-3,6-7,10-13H2,1H3. The number of nitrogens with zero attached hydrogens (tertiary/aromatic N) is 2. The van der Waals surface area contributed by atoms with Gasteiger partial charge in [0.05, 0.1) is 18.6 Å². The van der Waals surface area contributed by atoms with Gasteiger partial charge in [-0.1, -0.05) is 25.0 Å². The summed E-state index contributed by atoms with van der Waals surface area (Å²) >= 11 is 1.53. The summed E-state index contributed by atoms with van der Waals surface area (Å²) in [7, 11) is 1.38. The molecule has 28 heavy (non-hydrogen) atoms. The fraction of sp³-hybridized carbons (Fsp3) is 0.571. The van der Waals surface area contributed by atoms with Crippen LogP contribution in [0.15, 0.2) is 29.2 Å². The molecule has 2 heterocycles. The van der Waals surface area contributed by atoms with E-state index in [0.717, 1.165) is 36.3 Å². The Morgan fingerprint density at radius 2 is 2.00 bits per heavy atom. The molecule has 150 valence electrons. The van der Waals surface area contributed by atoms with E-state index in [9.17, 15) is 14.4 Å². The van der Waals surface area contributed by atoms with Gasteiger partial charge in [0.15, 0.2) is 0 Å². The van der Waals surface area contributed by atoms with Crippen LogP contribution in [0, 0.1) is 5.92 Å². The number of rotatable bonds is 4. The van der Waals surface area contributed by atoms with E-state index in [1.54, 1.807) is 9.80 Å². The molecule has 1 aliphatic carbocycles. The number of para-hydroxylation sites is 1. The van der Waals surface area contributed by atoms with E-state index in [0.29, 0.717) is 24.6 Å². The van der Waals surface area contributed by atoms with Gasteiger partial charge in [-0.2, -0.15) is 0 Å². The number of benzene rings is 1. The Morgan fingerprint density at radius 3 is 2.82 bits per heavy atom. The van der Waals surface area contributed by atoms with E-state index in [2.05, 4.69) is 0 Å². The molecule has 3 atom stereocenters. The van der Waals surface area contributed by atoms with Crippen LogP contribution in [0.4, 0.5) is 5.69 Å². The highest BCUT2D eigenvalue weighted by atomic mass is 32.2. The van der Waals surface area contributed by atoms with Gasteiger partial charge < -0.3 is 14.5 Å². The third kappa shape index (κ3) is 3.52. The van der Waals surface area contributed by atoms with Crippen LogP contribution in [-0.2, 0) is 19.1 Å². The first-order valence-corrected chi connectivity index (χ1v) is 11.0. The highest BCUT2D eigenvalue weighted by molar-refractivity contribution is 8.00. The lowest BCUT2D eigenvalue weighted by Crippen LogP contribution is -2.48. The molecule has 3 aliphatic rings. The lowest BCUT2D eigenvalue weighted by atomic mass is 9.84. The fourth-order valence-corrected chi connectivity index (χ4v) is 5.84. The van der Waals surface area contributed by atoms with E-state index < -0.39 is 6.04 Å². The zero-order valence-electron chi connectivity index (χ0n) is 16.1. The number of thioether (sulfide) groups is 1. The molecule has 0 N–H and O–H groups in total. The summed E-state index contributed by atoms with van der Waals surface area (Å²) in [4.78, 5) is 42.5. The highest BCUT2D eigenvalue weighted by Crippen LogP contribution is 2.41. The molecule has 7 heteroatoms. The van der Waals surface area contributed by atoms with Crippen molar-refractivity contribution < 1.29 is 19.1 Å². The lowest BCUT2D eigenvalue weighted by Gasteiger charge is -2.34. The molecular weight excluding hydrogens is 376 g/mol. The monoisotopic (exact) mass is 402 g/mol. The van der Waals surface area contributed by atoms with E-state index in [4.69, 9.17) is 4.74 Å². The molecule has 6 nitrogen and oxygen atoms in total. The number of amides is 2. The number of carbonyl (C=O) groups excluding carboxylic acids is 3. The number of carbonyl (C=O) groups is 3. The van der Waals surface area contributed by atoms with Gasteiger partial charge in [-0.25, -0.2) is 4.79 Å². The Morgan fingerprint density at radius 1 is 1.21 bits per heavy atom. The summed E-state index contributed by atoms with van der Waals surface area (Å²) in [5.41, 5.74) is 0.873. The van der Waals surface area contributed by atoms with Crippen LogP contribution in [-0.4, -0.2) is 54.2 Å². The summed E-state index contributed by atoms with van der Waals surface area (Å²) < 4.78 is 4.98. The van der Waals surface area contributed by atoms with Gasteiger partial charge >= 0.3 is 5.97 Å². The minimum Gasteiger partial charge on any atom is -0.467 e. The van der Waals surface area contributed by atoms with Gasteiger partial charge in [-0.3, -0.25) is 9.59 Å². The maximum absolute atomic E-state index is 13.2. The molecule has 2 amide bonds. The molecule has 2 aliphatic heterocycles. The van der Waals surface area contributed by atoms with Crippen LogP contribution < -0.4 is 4.90 Å². The van der Waals surface area contributed by atoms with Crippen molar-refractivity contribution in [3.05, 3.63) is 24.3 Å². The third-order valence-corrected chi connectivity index (χ3v) is 7.25. The zero-order chi connectivity index (χ0) is 19.7. The van der Waals surface area contributed by atoms with Crippen LogP contribution >= 0.6 is 11.8 Å². The number of esters is 1. The lowest BCUT2D eigenvalue weighted by molar-refractivity contribution is -0.152. The summed E-state index contributed by atoms with van der Waals surface area (Å²) in [5.74, 6) is 0.435. The van der Waals surface area contributed by atoms with E-state index in [-0.39, 0.29) is 30.2 Å². The van der Waals surface area contributed by atoms with Crippen molar-refractivity contribution >= 4 is 35.2 Å². The van der Waals surface area contributed by atoms with Crippen molar-refractivity contribution in [2.45, 2.75) is 55.5 Å². The fourth-order valence-electron chi connectivity index (χ4n) is 4.90. The highest BCUT2D eigenvalue weighted by Gasteiger charge is 2.47. The second kappa shape index (κ2) is 8.15.